The monoisotopic (exact) mass is 330 g/mol. The molecule has 1 aromatic heterocycles. The Kier molecular flexibility index (Phi) is 4.54. The number of nitrogens with one attached hydrogen (secondary N) is 1. The molecule has 2 aromatic rings. The highest BCUT2D eigenvalue weighted by Gasteiger charge is 2.27. The molecule has 1 atom stereocenters. The van der Waals surface area contributed by atoms with E-state index in [-0.39, 0.29) is 5.91 Å². The second-order valence-electron chi connectivity index (χ2n) is 5.91. The van der Waals surface area contributed by atoms with Crippen molar-refractivity contribution in [1.29, 1.82) is 0 Å². The van der Waals surface area contributed by atoms with Gasteiger partial charge < -0.3 is 20.3 Å². The number of benzene rings is 1. The maximum atomic E-state index is 12.6. The quantitative estimate of drug-likeness (QED) is 0.860. The Hall–Kier alpha value is -2.77. The fourth-order valence-corrected chi connectivity index (χ4v) is 2.73. The number of carbonyl (C=O) groups is 1. The Morgan fingerprint density at radius 1 is 1.33 bits per heavy atom. The maximum Gasteiger partial charge on any atom is 0.263 e. The number of piperazine rings is 1. The zero-order valence-electron chi connectivity index (χ0n) is 13.9. The number of nitrogens with zero attached hydrogens (tertiary/aromatic N) is 4. The van der Waals surface area contributed by atoms with Crippen molar-refractivity contribution in [3.63, 3.8) is 0 Å². The molecule has 0 spiro atoms. The van der Waals surface area contributed by atoms with Gasteiger partial charge in [-0.15, -0.1) is 5.10 Å². The second-order valence-corrected chi connectivity index (χ2v) is 5.91. The van der Waals surface area contributed by atoms with Gasteiger partial charge in [-0.05, 0) is 31.5 Å². The molecular weight excluding hydrogens is 308 g/mol. The molecule has 0 saturated carbocycles. The van der Waals surface area contributed by atoms with Crippen molar-refractivity contribution in [3.05, 3.63) is 29.8 Å². The van der Waals surface area contributed by atoms with E-state index in [9.17, 15) is 4.79 Å². The Morgan fingerprint density at radius 2 is 2.08 bits per heavy atom. The molecular formula is C16H22N6O2. The van der Waals surface area contributed by atoms with Crippen molar-refractivity contribution >= 4 is 17.8 Å². The van der Waals surface area contributed by atoms with Gasteiger partial charge in [0.25, 0.3) is 5.91 Å². The Labute approximate surface area is 140 Å². The van der Waals surface area contributed by atoms with Crippen LogP contribution in [0.15, 0.2) is 24.3 Å². The summed E-state index contributed by atoms with van der Waals surface area (Å²) in [5.41, 5.74) is 6.65. The smallest absolute Gasteiger partial charge is 0.263 e. The molecule has 0 bridgehead atoms. The van der Waals surface area contributed by atoms with Crippen LogP contribution in [-0.4, -0.2) is 58.3 Å². The molecule has 2 heterocycles. The van der Waals surface area contributed by atoms with Crippen molar-refractivity contribution in [3.8, 4) is 5.75 Å². The second kappa shape index (κ2) is 6.77. The summed E-state index contributed by atoms with van der Waals surface area (Å²) in [5.74, 6) is 1.57. The number of aryl methyl sites for hydroxylation is 1. The third-order valence-corrected chi connectivity index (χ3v) is 4.02. The summed E-state index contributed by atoms with van der Waals surface area (Å²) < 4.78 is 5.77. The summed E-state index contributed by atoms with van der Waals surface area (Å²) >= 11 is 0. The Balaban J connectivity index is 1.54. The zero-order chi connectivity index (χ0) is 17.1. The summed E-state index contributed by atoms with van der Waals surface area (Å²) in [6.07, 6.45) is -0.516. The van der Waals surface area contributed by atoms with E-state index >= 15 is 0 Å². The van der Waals surface area contributed by atoms with Crippen LogP contribution in [0.2, 0.25) is 0 Å². The van der Waals surface area contributed by atoms with Crippen LogP contribution in [0.4, 0.5) is 11.9 Å². The number of carbonyl (C=O) groups excluding carboxylic acids is 1. The van der Waals surface area contributed by atoms with Gasteiger partial charge in [-0.1, -0.05) is 12.1 Å². The number of nitrogens with two attached hydrogens (primary N) is 1. The van der Waals surface area contributed by atoms with Crippen LogP contribution in [0.5, 0.6) is 5.75 Å². The maximum absolute atomic E-state index is 12.6. The number of nitrogen functional groups attached to an aromatic ring is 1. The van der Waals surface area contributed by atoms with Crippen molar-refractivity contribution in [2.75, 3.05) is 36.8 Å². The van der Waals surface area contributed by atoms with Gasteiger partial charge in [-0.2, -0.15) is 4.98 Å². The summed E-state index contributed by atoms with van der Waals surface area (Å²) in [7, 11) is 0. The van der Waals surface area contributed by atoms with E-state index in [0.717, 1.165) is 5.56 Å². The number of anilines is 2. The van der Waals surface area contributed by atoms with E-state index < -0.39 is 6.10 Å². The molecule has 0 radical (unpaired) electrons. The van der Waals surface area contributed by atoms with Gasteiger partial charge in [0.2, 0.25) is 11.9 Å². The van der Waals surface area contributed by atoms with E-state index in [2.05, 4.69) is 15.2 Å². The number of amides is 1. The lowest BCUT2D eigenvalue weighted by atomic mass is 10.2. The van der Waals surface area contributed by atoms with Crippen LogP contribution in [-0.2, 0) is 4.79 Å². The SMILES string of the molecule is Cc1cccc(OC(C)C(=O)N2CCN(c3n[nH]c(N)n3)CC2)c1. The van der Waals surface area contributed by atoms with Gasteiger partial charge in [0.05, 0.1) is 0 Å². The van der Waals surface area contributed by atoms with Crippen LogP contribution in [0, 0.1) is 6.92 Å². The minimum Gasteiger partial charge on any atom is -0.481 e. The van der Waals surface area contributed by atoms with Gasteiger partial charge in [-0.25, -0.2) is 5.10 Å². The van der Waals surface area contributed by atoms with Crippen LogP contribution in [0.3, 0.4) is 0 Å². The summed E-state index contributed by atoms with van der Waals surface area (Å²) in [4.78, 5) is 20.5. The Bertz CT molecular complexity index is 708. The van der Waals surface area contributed by atoms with E-state index in [4.69, 9.17) is 10.5 Å². The molecule has 1 unspecified atom stereocenters. The fourth-order valence-electron chi connectivity index (χ4n) is 2.73. The number of aromatic amines is 1. The van der Waals surface area contributed by atoms with E-state index in [1.54, 1.807) is 6.92 Å². The third-order valence-electron chi connectivity index (χ3n) is 4.02. The first kappa shape index (κ1) is 16.1. The summed E-state index contributed by atoms with van der Waals surface area (Å²) in [6.45, 7) is 6.32. The van der Waals surface area contributed by atoms with E-state index in [1.807, 2.05) is 41.0 Å². The molecule has 8 nitrogen and oxygen atoms in total. The van der Waals surface area contributed by atoms with E-state index in [0.29, 0.717) is 43.8 Å². The zero-order valence-corrected chi connectivity index (χ0v) is 13.9. The van der Waals surface area contributed by atoms with Crippen molar-refractivity contribution in [2.45, 2.75) is 20.0 Å². The molecule has 3 N–H and O–H groups in total. The minimum absolute atomic E-state index is 0.00865. The van der Waals surface area contributed by atoms with Gasteiger partial charge in [-0.3, -0.25) is 4.79 Å². The van der Waals surface area contributed by atoms with Crippen molar-refractivity contribution in [2.24, 2.45) is 0 Å². The predicted molar refractivity (Wildman–Crippen MR) is 90.9 cm³/mol. The molecule has 24 heavy (non-hydrogen) atoms. The van der Waals surface area contributed by atoms with Crippen LogP contribution in [0.1, 0.15) is 12.5 Å². The molecule has 1 fully saturated rings. The average Bonchev–Trinajstić information content (AvgIpc) is 3.01. The first-order chi connectivity index (χ1) is 11.5. The first-order valence-electron chi connectivity index (χ1n) is 7.98. The number of H-pyrrole nitrogens is 1. The average molecular weight is 330 g/mol. The Morgan fingerprint density at radius 3 is 2.71 bits per heavy atom. The van der Waals surface area contributed by atoms with Gasteiger partial charge in [0.15, 0.2) is 6.10 Å². The van der Waals surface area contributed by atoms with Gasteiger partial charge >= 0.3 is 0 Å². The highest BCUT2D eigenvalue weighted by atomic mass is 16.5. The number of hydrogen-bond acceptors (Lipinski definition) is 6. The topological polar surface area (TPSA) is 100 Å². The molecule has 1 saturated heterocycles. The van der Waals surface area contributed by atoms with Gasteiger partial charge in [0, 0.05) is 26.2 Å². The van der Waals surface area contributed by atoms with Crippen LogP contribution >= 0.6 is 0 Å². The molecule has 1 aliphatic rings. The molecule has 3 rings (SSSR count). The fraction of sp³-hybridized carbons (Fsp3) is 0.438. The number of rotatable bonds is 4. The lowest BCUT2D eigenvalue weighted by molar-refractivity contribution is -0.138. The first-order valence-corrected chi connectivity index (χ1v) is 7.98. The van der Waals surface area contributed by atoms with E-state index in [1.165, 1.54) is 0 Å². The predicted octanol–water partition coefficient (Wildman–Crippen LogP) is 0.811. The highest BCUT2D eigenvalue weighted by molar-refractivity contribution is 5.81. The lowest BCUT2D eigenvalue weighted by Crippen LogP contribution is -2.52. The normalized spacial score (nSPS) is 16.1. The van der Waals surface area contributed by atoms with Crippen molar-refractivity contribution in [1.82, 2.24) is 20.1 Å². The molecule has 128 valence electrons. The largest absolute Gasteiger partial charge is 0.481 e. The summed E-state index contributed by atoms with van der Waals surface area (Å²) in [5, 5.41) is 6.67. The number of aromatic nitrogens is 3. The third kappa shape index (κ3) is 3.58. The highest BCUT2D eigenvalue weighted by Crippen LogP contribution is 2.16. The lowest BCUT2D eigenvalue weighted by Gasteiger charge is -2.35. The standard InChI is InChI=1S/C16H22N6O2/c1-11-4-3-5-13(10-11)24-12(2)14(23)21-6-8-22(9-7-21)16-18-15(17)19-20-16/h3-5,10,12H,6-9H2,1-2H3,(H3,17,18,19,20). The van der Waals surface area contributed by atoms with Crippen LogP contribution < -0.4 is 15.4 Å². The minimum atomic E-state index is -0.516. The molecule has 1 amide bonds. The van der Waals surface area contributed by atoms with Gasteiger partial charge in [0.1, 0.15) is 5.75 Å². The molecule has 1 aliphatic heterocycles. The molecule has 0 aliphatic carbocycles. The molecule has 1 aromatic carbocycles. The van der Waals surface area contributed by atoms with Crippen molar-refractivity contribution < 1.29 is 9.53 Å². The van der Waals surface area contributed by atoms with Crippen LogP contribution in [0.25, 0.3) is 0 Å². The number of hydrogen-bond donors (Lipinski definition) is 2. The number of ether oxygens (including phenoxy) is 1. The summed E-state index contributed by atoms with van der Waals surface area (Å²) in [6, 6.07) is 7.70. The molecule has 8 heteroatoms.